The lowest BCUT2D eigenvalue weighted by atomic mass is 10.4. The molecule has 0 aromatic carbocycles. The van der Waals surface area contributed by atoms with Crippen molar-refractivity contribution in [2.75, 3.05) is 11.1 Å². The van der Waals surface area contributed by atoms with E-state index in [-0.39, 0.29) is 0 Å². The van der Waals surface area contributed by atoms with Crippen LogP contribution in [0.1, 0.15) is 5.76 Å². The minimum atomic E-state index is 0.442. The van der Waals surface area contributed by atoms with Crippen LogP contribution in [-0.4, -0.2) is 14.4 Å². The van der Waals surface area contributed by atoms with E-state index in [1.807, 2.05) is 22.7 Å². The topological polar surface area (TPSA) is 81.4 Å². The van der Waals surface area contributed by atoms with Crippen molar-refractivity contribution in [1.29, 1.82) is 0 Å². The molecule has 0 saturated heterocycles. The highest BCUT2D eigenvalue weighted by Crippen LogP contribution is 2.15. The smallest absolute Gasteiger partial charge is 0.180 e. The maximum Gasteiger partial charge on any atom is 0.180 e. The Morgan fingerprint density at radius 3 is 3.24 bits per heavy atom. The number of furan rings is 1. The molecule has 0 amide bonds. The molecule has 0 atom stereocenters. The molecule has 0 aliphatic heterocycles. The van der Waals surface area contributed by atoms with Gasteiger partial charge in [0.15, 0.2) is 11.5 Å². The molecule has 86 valence electrons. The van der Waals surface area contributed by atoms with E-state index in [1.165, 1.54) is 0 Å². The average molecular weight is 229 g/mol. The average Bonchev–Trinajstić information content (AvgIpc) is 2.95. The highest BCUT2D eigenvalue weighted by Gasteiger charge is 2.06. The van der Waals surface area contributed by atoms with Crippen molar-refractivity contribution in [3.63, 3.8) is 0 Å². The second-order valence-electron chi connectivity index (χ2n) is 3.61. The van der Waals surface area contributed by atoms with E-state index >= 15 is 0 Å². The number of rotatable bonds is 3. The first-order valence-corrected chi connectivity index (χ1v) is 5.18. The number of nitrogens with two attached hydrogens (primary N) is 1. The van der Waals surface area contributed by atoms with E-state index in [2.05, 4.69) is 15.3 Å². The van der Waals surface area contributed by atoms with Crippen molar-refractivity contribution >= 4 is 17.3 Å². The third-order valence-corrected chi connectivity index (χ3v) is 2.40. The number of nitrogens with one attached hydrogen (secondary N) is 1. The quantitative estimate of drug-likeness (QED) is 0.711. The zero-order valence-electron chi connectivity index (χ0n) is 9.00. The van der Waals surface area contributed by atoms with Gasteiger partial charge in [0, 0.05) is 12.4 Å². The predicted molar refractivity (Wildman–Crippen MR) is 63.4 cm³/mol. The van der Waals surface area contributed by atoms with Gasteiger partial charge in [-0.3, -0.25) is 0 Å². The summed E-state index contributed by atoms with van der Waals surface area (Å²) in [4.78, 5) is 8.43. The summed E-state index contributed by atoms with van der Waals surface area (Å²) >= 11 is 0. The Labute approximate surface area is 97.1 Å². The first kappa shape index (κ1) is 9.71. The van der Waals surface area contributed by atoms with Crippen LogP contribution in [0.3, 0.4) is 0 Å². The Bertz CT molecular complexity index is 628. The Hall–Kier alpha value is -2.50. The Kier molecular flexibility index (Phi) is 2.18. The van der Waals surface area contributed by atoms with Crippen LogP contribution in [0.4, 0.5) is 11.6 Å². The number of nitrogens with zero attached hydrogens (tertiary/aromatic N) is 3. The van der Waals surface area contributed by atoms with Crippen LogP contribution in [0.2, 0.25) is 0 Å². The largest absolute Gasteiger partial charge is 0.467 e. The van der Waals surface area contributed by atoms with Gasteiger partial charge in [-0.15, -0.1) is 0 Å². The molecule has 3 aromatic heterocycles. The molecule has 0 saturated carbocycles. The molecule has 0 bridgehead atoms. The minimum Gasteiger partial charge on any atom is -0.467 e. The number of fused-ring (bicyclic) bond motifs is 1. The van der Waals surface area contributed by atoms with Crippen LogP contribution < -0.4 is 11.1 Å². The summed E-state index contributed by atoms with van der Waals surface area (Å²) in [5.74, 6) is 1.92. The summed E-state index contributed by atoms with van der Waals surface area (Å²) in [5.41, 5.74) is 6.45. The first-order valence-electron chi connectivity index (χ1n) is 5.18. The number of nitrogen functional groups attached to an aromatic ring is 1. The summed E-state index contributed by atoms with van der Waals surface area (Å²) in [7, 11) is 0. The number of imidazole rings is 1. The molecule has 3 aromatic rings. The predicted octanol–water partition coefficient (Wildman–Crippen LogP) is 1.52. The molecular formula is C11H11N5O. The van der Waals surface area contributed by atoms with Gasteiger partial charge in [-0.1, -0.05) is 0 Å². The minimum absolute atomic E-state index is 0.442. The van der Waals surface area contributed by atoms with Crippen LogP contribution in [-0.2, 0) is 6.54 Å². The van der Waals surface area contributed by atoms with Crippen LogP contribution in [0.5, 0.6) is 0 Å². The lowest BCUT2D eigenvalue weighted by Crippen LogP contribution is -2.05. The van der Waals surface area contributed by atoms with Gasteiger partial charge in [-0.25, -0.2) is 9.97 Å². The molecule has 3 N–H and O–H groups in total. The molecule has 6 heteroatoms. The zero-order valence-corrected chi connectivity index (χ0v) is 9.00. The third kappa shape index (κ3) is 1.80. The van der Waals surface area contributed by atoms with Gasteiger partial charge in [0.2, 0.25) is 0 Å². The van der Waals surface area contributed by atoms with Crippen LogP contribution >= 0.6 is 0 Å². The zero-order chi connectivity index (χ0) is 11.7. The maximum atomic E-state index is 5.71. The van der Waals surface area contributed by atoms with Crippen molar-refractivity contribution < 1.29 is 4.42 Å². The molecule has 17 heavy (non-hydrogen) atoms. The van der Waals surface area contributed by atoms with Crippen molar-refractivity contribution in [1.82, 2.24) is 14.4 Å². The van der Waals surface area contributed by atoms with Gasteiger partial charge < -0.3 is 19.9 Å². The SMILES string of the molecule is Nc1cn2ccnc2c(NCc2ccco2)n1. The fraction of sp³-hybridized carbons (Fsp3) is 0.0909. The van der Waals surface area contributed by atoms with Crippen molar-refractivity contribution in [2.45, 2.75) is 6.54 Å². The third-order valence-electron chi connectivity index (χ3n) is 2.40. The molecule has 0 spiro atoms. The molecule has 0 unspecified atom stereocenters. The van der Waals surface area contributed by atoms with Crippen LogP contribution in [0, 0.1) is 0 Å². The highest BCUT2D eigenvalue weighted by atomic mass is 16.3. The first-order chi connectivity index (χ1) is 8.33. The molecule has 0 radical (unpaired) electrons. The second kappa shape index (κ2) is 3.82. The summed E-state index contributed by atoms with van der Waals surface area (Å²) in [5, 5.41) is 3.15. The number of aromatic nitrogens is 3. The monoisotopic (exact) mass is 229 g/mol. The molecule has 0 aliphatic rings. The van der Waals surface area contributed by atoms with Crippen molar-refractivity contribution in [3.05, 3.63) is 42.7 Å². The Balaban J connectivity index is 1.91. The Morgan fingerprint density at radius 2 is 2.41 bits per heavy atom. The Morgan fingerprint density at radius 1 is 1.47 bits per heavy atom. The maximum absolute atomic E-state index is 5.71. The summed E-state index contributed by atoms with van der Waals surface area (Å²) in [6.07, 6.45) is 6.88. The molecule has 0 fully saturated rings. The highest BCUT2D eigenvalue weighted by molar-refractivity contribution is 5.64. The normalized spacial score (nSPS) is 10.8. The second-order valence-corrected chi connectivity index (χ2v) is 3.61. The van der Waals surface area contributed by atoms with E-state index in [0.717, 1.165) is 11.4 Å². The van der Waals surface area contributed by atoms with Gasteiger partial charge >= 0.3 is 0 Å². The van der Waals surface area contributed by atoms with E-state index in [0.29, 0.717) is 18.2 Å². The van der Waals surface area contributed by atoms with E-state index in [4.69, 9.17) is 10.2 Å². The standard InChI is InChI=1S/C11H11N5O/c12-9-7-16-4-3-13-11(16)10(15-9)14-6-8-2-1-5-17-8/h1-5,7H,6,12H2,(H,14,15). The van der Waals surface area contributed by atoms with Crippen molar-refractivity contribution in [3.8, 4) is 0 Å². The van der Waals surface area contributed by atoms with Gasteiger partial charge in [0.25, 0.3) is 0 Å². The van der Waals surface area contributed by atoms with Gasteiger partial charge in [0.05, 0.1) is 19.0 Å². The van der Waals surface area contributed by atoms with E-state index in [9.17, 15) is 0 Å². The lowest BCUT2D eigenvalue weighted by molar-refractivity contribution is 0.518. The van der Waals surface area contributed by atoms with Crippen LogP contribution in [0.15, 0.2) is 41.4 Å². The van der Waals surface area contributed by atoms with Crippen molar-refractivity contribution in [2.24, 2.45) is 0 Å². The van der Waals surface area contributed by atoms with E-state index < -0.39 is 0 Å². The molecule has 6 nitrogen and oxygen atoms in total. The van der Waals surface area contributed by atoms with Gasteiger partial charge in [-0.05, 0) is 12.1 Å². The molecular weight excluding hydrogens is 218 g/mol. The molecule has 3 rings (SSSR count). The molecule has 0 aliphatic carbocycles. The van der Waals surface area contributed by atoms with E-state index in [1.54, 1.807) is 18.7 Å². The lowest BCUT2D eigenvalue weighted by Gasteiger charge is -2.06. The summed E-state index contributed by atoms with van der Waals surface area (Å²) in [6, 6.07) is 3.73. The number of anilines is 2. The molecule has 3 heterocycles. The number of hydrogen-bond acceptors (Lipinski definition) is 5. The van der Waals surface area contributed by atoms with Crippen LogP contribution in [0.25, 0.3) is 5.65 Å². The summed E-state index contributed by atoms with van der Waals surface area (Å²) < 4.78 is 7.06. The van der Waals surface area contributed by atoms with Gasteiger partial charge in [-0.2, -0.15) is 0 Å². The van der Waals surface area contributed by atoms with Gasteiger partial charge in [0.1, 0.15) is 11.6 Å². The number of hydrogen-bond donors (Lipinski definition) is 2. The fourth-order valence-corrected chi connectivity index (χ4v) is 1.65. The summed E-state index contributed by atoms with van der Waals surface area (Å²) in [6.45, 7) is 0.548. The fourth-order valence-electron chi connectivity index (χ4n) is 1.65.